The van der Waals surface area contributed by atoms with Gasteiger partial charge in [0, 0.05) is 17.4 Å². The molecule has 5 nitrogen and oxygen atoms in total. The van der Waals surface area contributed by atoms with Crippen LogP contribution in [0.4, 0.5) is 5.69 Å². The van der Waals surface area contributed by atoms with Gasteiger partial charge in [0.25, 0.3) is 0 Å². The molecule has 0 unspecified atom stereocenters. The van der Waals surface area contributed by atoms with E-state index in [1.54, 1.807) is 6.20 Å². The van der Waals surface area contributed by atoms with Crippen LogP contribution in [-0.2, 0) is 6.54 Å². The maximum atomic E-state index is 5.86. The van der Waals surface area contributed by atoms with E-state index in [0.29, 0.717) is 25.0 Å². The lowest BCUT2D eigenvalue weighted by atomic mass is 10.3. The molecule has 3 N–H and O–H groups in total. The summed E-state index contributed by atoms with van der Waals surface area (Å²) in [6, 6.07) is 13.5. The average Bonchev–Trinajstić information content (AvgIpc) is 2.48. The number of pyridine rings is 1. The second kappa shape index (κ2) is 7.13. The summed E-state index contributed by atoms with van der Waals surface area (Å²) in [4.78, 5) is 8.47. The van der Waals surface area contributed by atoms with Crippen molar-refractivity contribution in [1.29, 1.82) is 0 Å². The normalized spacial score (nSPS) is 11.2. The molecule has 0 fully saturated rings. The number of nitrogens with one attached hydrogen (secondary N) is 1. The van der Waals surface area contributed by atoms with E-state index in [1.165, 1.54) is 0 Å². The Labute approximate surface area is 118 Å². The molecule has 1 aromatic carbocycles. The Morgan fingerprint density at radius 1 is 1.25 bits per heavy atom. The summed E-state index contributed by atoms with van der Waals surface area (Å²) >= 11 is 0. The van der Waals surface area contributed by atoms with Gasteiger partial charge < -0.3 is 15.8 Å². The number of nitrogens with two attached hydrogens (primary N) is 1. The Hall–Kier alpha value is -2.56. The minimum absolute atomic E-state index is 0.363. The van der Waals surface area contributed by atoms with Crippen molar-refractivity contribution in [1.82, 2.24) is 4.98 Å². The van der Waals surface area contributed by atoms with E-state index in [-0.39, 0.29) is 0 Å². The lowest BCUT2D eigenvalue weighted by Crippen LogP contribution is -2.22. The van der Waals surface area contributed by atoms with Crippen LogP contribution in [0.1, 0.15) is 12.5 Å². The summed E-state index contributed by atoms with van der Waals surface area (Å²) in [5.41, 5.74) is 7.67. The van der Waals surface area contributed by atoms with Crippen LogP contribution in [0.15, 0.2) is 53.7 Å². The van der Waals surface area contributed by atoms with E-state index in [1.807, 2.05) is 49.4 Å². The van der Waals surface area contributed by atoms with Crippen molar-refractivity contribution in [3.63, 3.8) is 0 Å². The van der Waals surface area contributed by atoms with Crippen LogP contribution in [0.5, 0.6) is 5.88 Å². The minimum atomic E-state index is 0.363. The number of hydrogen-bond donors (Lipinski definition) is 2. The van der Waals surface area contributed by atoms with Crippen LogP contribution in [-0.4, -0.2) is 17.6 Å². The van der Waals surface area contributed by atoms with Gasteiger partial charge in [-0.25, -0.2) is 9.98 Å². The van der Waals surface area contributed by atoms with Gasteiger partial charge in [-0.3, -0.25) is 0 Å². The van der Waals surface area contributed by atoms with Gasteiger partial charge in [-0.2, -0.15) is 0 Å². The van der Waals surface area contributed by atoms with Crippen LogP contribution in [0, 0.1) is 0 Å². The summed E-state index contributed by atoms with van der Waals surface area (Å²) in [6.45, 7) is 2.92. The van der Waals surface area contributed by atoms with Gasteiger partial charge in [0.05, 0.1) is 13.2 Å². The first kappa shape index (κ1) is 13.9. The molecule has 5 heteroatoms. The van der Waals surface area contributed by atoms with E-state index >= 15 is 0 Å². The summed E-state index contributed by atoms with van der Waals surface area (Å²) in [5.74, 6) is 0.966. The summed E-state index contributed by atoms with van der Waals surface area (Å²) in [6.07, 6.45) is 1.70. The molecule has 0 saturated heterocycles. The van der Waals surface area contributed by atoms with Gasteiger partial charge in [-0.15, -0.1) is 0 Å². The van der Waals surface area contributed by atoms with Gasteiger partial charge in [-0.05, 0) is 25.1 Å². The number of para-hydroxylation sites is 1. The van der Waals surface area contributed by atoms with Crippen molar-refractivity contribution in [3.8, 4) is 5.88 Å². The van der Waals surface area contributed by atoms with Gasteiger partial charge in [0.2, 0.25) is 5.88 Å². The fourth-order valence-corrected chi connectivity index (χ4v) is 1.69. The van der Waals surface area contributed by atoms with Crippen molar-refractivity contribution < 1.29 is 4.74 Å². The molecule has 2 aromatic rings. The Morgan fingerprint density at radius 2 is 2.05 bits per heavy atom. The predicted molar refractivity (Wildman–Crippen MR) is 80.8 cm³/mol. The largest absolute Gasteiger partial charge is 0.478 e. The number of rotatable bonds is 5. The molecule has 0 atom stereocenters. The number of nitrogens with zero attached hydrogens (tertiary/aromatic N) is 2. The lowest BCUT2D eigenvalue weighted by Gasteiger charge is -2.08. The van der Waals surface area contributed by atoms with E-state index < -0.39 is 0 Å². The Balaban J connectivity index is 2.01. The highest BCUT2D eigenvalue weighted by molar-refractivity contribution is 5.92. The van der Waals surface area contributed by atoms with Crippen molar-refractivity contribution >= 4 is 11.6 Å². The number of benzene rings is 1. The third kappa shape index (κ3) is 3.98. The molecule has 2 rings (SSSR count). The van der Waals surface area contributed by atoms with Crippen LogP contribution < -0.4 is 15.8 Å². The fraction of sp³-hybridized carbons (Fsp3) is 0.200. The molecule has 0 amide bonds. The molecule has 0 aliphatic heterocycles. The number of aliphatic imine (C=N–C) groups is 1. The Bertz CT molecular complexity index is 569. The number of hydrogen-bond acceptors (Lipinski definition) is 3. The first-order valence-electron chi connectivity index (χ1n) is 6.48. The van der Waals surface area contributed by atoms with E-state index in [0.717, 1.165) is 11.3 Å². The summed E-state index contributed by atoms with van der Waals surface area (Å²) < 4.78 is 5.45. The third-order valence-electron chi connectivity index (χ3n) is 2.60. The van der Waals surface area contributed by atoms with Crippen LogP contribution in [0.25, 0.3) is 0 Å². The minimum Gasteiger partial charge on any atom is -0.478 e. The first-order chi connectivity index (χ1) is 9.79. The molecule has 0 bridgehead atoms. The molecule has 0 spiro atoms. The van der Waals surface area contributed by atoms with Gasteiger partial charge in [0.15, 0.2) is 5.96 Å². The van der Waals surface area contributed by atoms with Crippen LogP contribution in [0.3, 0.4) is 0 Å². The number of aromatic nitrogens is 1. The van der Waals surface area contributed by atoms with E-state index in [2.05, 4.69) is 15.3 Å². The average molecular weight is 270 g/mol. The number of guanidine groups is 1. The van der Waals surface area contributed by atoms with Gasteiger partial charge in [-0.1, -0.05) is 24.3 Å². The number of ether oxygens (including phenoxy) is 1. The number of anilines is 1. The maximum Gasteiger partial charge on any atom is 0.218 e. The monoisotopic (exact) mass is 270 g/mol. The molecule has 1 aromatic heterocycles. The van der Waals surface area contributed by atoms with Crippen molar-refractivity contribution in [2.24, 2.45) is 10.7 Å². The molecule has 0 aliphatic carbocycles. The summed E-state index contributed by atoms with van der Waals surface area (Å²) in [5, 5.41) is 3.03. The van der Waals surface area contributed by atoms with Gasteiger partial charge >= 0.3 is 0 Å². The third-order valence-corrected chi connectivity index (χ3v) is 2.60. The zero-order valence-electron chi connectivity index (χ0n) is 11.4. The molecule has 104 valence electrons. The SMILES string of the molecule is CCOc1ncccc1CN=C(N)Nc1ccccc1. The van der Waals surface area contributed by atoms with Crippen LogP contribution in [0.2, 0.25) is 0 Å². The van der Waals surface area contributed by atoms with Crippen molar-refractivity contribution in [2.45, 2.75) is 13.5 Å². The highest BCUT2D eigenvalue weighted by atomic mass is 16.5. The second-order valence-electron chi connectivity index (χ2n) is 4.09. The van der Waals surface area contributed by atoms with Crippen LogP contribution >= 0.6 is 0 Å². The lowest BCUT2D eigenvalue weighted by molar-refractivity contribution is 0.323. The fourth-order valence-electron chi connectivity index (χ4n) is 1.69. The quantitative estimate of drug-likeness (QED) is 0.646. The zero-order valence-corrected chi connectivity index (χ0v) is 11.4. The molecule has 0 aliphatic rings. The standard InChI is InChI=1S/C15H18N4O/c1-2-20-14-12(7-6-10-17-14)11-18-15(16)19-13-8-4-3-5-9-13/h3-10H,2,11H2,1H3,(H3,16,18,19). The molecule has 0 radical (unpaired) electrons. The first-order valence-corrected chi connectivity index (χ1v) is 6.48. The Morgan fingerprint density at radius 3 is 2.80 bits per heavy atom. The Kier molecular flexibility index (Phi) is 4.94. The highest BCUT2D eigenvalue weighted by Crippen LogP contribution is 2.15. The molecule has 0 saturated carbocycles. The van der Waals surface area contributed by atoms with E-state index in [4.69, 9.17) is 10.5 Å². The topological polar surface area (TPSA) is 72.5 Å². The van der Waals surface area contributed by atoms with Crippen molar-refractivity contribution in [3.05, 3.63) is 54.2 Å². The van der Waals surface area contributed by atoms with Gasteiger partial charge in [0.1, 0.15) is 0 Å². The van der Waals surface area contributed by atoms with E-state index in [9.17, 15) is 0 Å². The molecule has 1 heterocycles. The van der Waals surface area contributed by atoms with Crippen molar-refractivity contribution in [2.75, 3.05) is 11.9 Å². The molecular weight excluding hydrogens is 252 g/mol. The summed E-state index contributed by atoms with van der Waals surface area (Å²) in [7, 11) is 0. The zero-order chi connectivity index (χ0) is 14.2. The predicted octanol–water partition coefficient (Wildman–Crippen LogP) is 2.41. The molecular formula is C15H18N4O. The second-order valence-corrected chi connectivity index (χ2v) is 4.09. The highest BCUT2D eigenvalue weighted by Gasteiger charge is 2.03. The molecule has 20 heavy (non-hydrogen) atoms. The maximum absolute atomic E-state index is 5.86. The smallest absolute Gasteiger partial charge is 0.218 e.